The molecule has 0 saturated heterocycles. The van der Waals surface area contributed by atoms with Gasteiger partial charge in [-0.2, -0.15) is 0 Å². The lowest BCUT2D eigenvalue weighted by molar-refractivity contribution is 0.0665. The van der Waals surface area contributed by atoms with Crippen LogP contribution in [0.15, 0.2) is 42.5 Å². The molecular weight excluding hydrogens is 380 g/mol. The number of rotatable bonds is 5. The van der Waals surface area contributed by atoms with Crippen molar-refractivity contribution >= 4 is 17.5 Å². The van der Waals surface area contributed by atoms with Gasteiger partial charge in [0, 0.05) is 29.9 Å². The van der Waals surface area contributed by atoms with Gasteiger partial charge in [-0.25, -0.2) is 0 Å². The number of ether oxygens (including phenoxy) is 2. The number of nitrogens with zero attached hydrogens (tertiary/aromatic N) is 1. The third-order valence-electron chi connectivity index (χ3n) is 6.29. The summed E-state index contributed by atoms with van der Waals surface area (Å²) in [5.41, 5.74) is 1.75. The summed E-state index contributed by atoms with van der Waals surface area (Å²) in [7, 11) is 1.89. The molecule has 6 heteroatoms. The first-order valence-electron chi connectivity index (χ1n) is 10.6. The first-order chi connectivity index (χ1) is 14.5. The minimum atomic E-state index is -0.240. The third kappa shape index (κ3) is 4.27. The normalized spacial score (nSPS) is 16.7. The van der Waals surface area contributed by atoms with Crippen LogP contribution in [0.5, 0.6) is 11.5 Å². The summed E-state index contributed by atoms with van der Waals surface area (Å²) in [5, 5.41) is 2.86. The predicted molar refractivity (Wildman–Crippen MR) is 115 cm³/mol. The fraction of sp³-hybridized carbons (Fsp3) is 0.417. The molecule has 2 aromatic rings. The summed E-state index contributed by atoms with van der Waals surface area (Å²) in [5.74, 6) is 1.56. The molecule has 1 aliphatic carbocycles. The number of amides is 2. The highest BCUT2D eigenvalue weighted by molar-refractivity contribution is 6.05. The van der Waals surface area contributed by atoms with Crippen LogP contribution in [0.3, 0.4) is 0 Å². The quantitative estimate of drug-likeness (QED) is 0.778. The molecule has 1 heterocycles. The molecule has 1 fully saturated rings. The van der Waals surface area contributed by atoms with Crippen molar-refractivity contribution in [1.29, 1.82) is 0 Å². The summed E-state index contributed by atoms with van der Waals surface area (Å²) in [6.07, 6.45) is 6.22. The van der Waals surface area contributed by atoms with E-state index in [1.165, 1.54) is 32.1 Å². The SMILES string of the molecule is CC(C1CCCCC1)N(C)C(=O)c1ccc(NC(=O)c2ccc3c(c2)OCO3)cc1. The van der Waals surface area contributed by atoms with Crippen molar-refractivity contribution < 1.29 is 19.1 Å². The van der Waals surface area contributed by atoms with Gasteiger partial charge in [-0.05, 0) is 68.1 Å². The monoisotopic (exact) mass is 408 g/mol. The number of anilines is 1. The second kappa shape index (κ2) is 8.78. The van der Waals surface area contributed by atoms with E-state index in [0.29, 0.717) is 34.2 Å². The Labute approximate surface area is 177 Å². The summed E-state index contributed by atoms with van der Waals surface area (Å²) in [4.78, 5) is 27.3. The van der Waals surface area contributed by atoms with Crippen molar-refractivity contribution in [2.45, 2.75) is 45.1 Å². The van der Waals surface area contributed by atoms with E-state index in [1.54, 1.807) is 42.5 Å². The average molecular weight is 408 g/mol. The molecule has 2 amide bonds. The molecule has 0 spiro atoms. The van der Waals surface area contributed by atoms with Crippen LogP contribution in [0, 0.1) is 5.92 Å². The lowest BCUT2D eigenvalue weighted by atomic mass is 9.84. The largest absolute Gasteiger partial charge is 0.454 e. The molecule has 2 aromatic carbocycles. The second-order valence-electron chi connectivity index (χ2n) is 8.15. The first kappa shape index (κ1) is 20.3. The number of nitrogens with one attached hydrogen (secondary N) is 1. The molecule has 158 valence electrons. The standard InChI is InChI=1S/C24H28N2O4/c1-16(17-6-4-3-5-7-17)26(2)24(28)18-8-11-20(12-9-18)25-23(27)19-10-13-21-22(14-19)30-15-29-21/h8-14,16-17H,3-7,15H2,1-2H3,(H,25,27). The Bertz CT molecular complexity index is 919. The van der Waals surface area contributed by atoms with Crippen molar-refractivity contribution in [1.82, 2.24) is 4.90 Å². The number of carbonyl (C=O) groups excluding carboxylic acids is 2. The molecule has 1 unspecified atom stereocenters. The molecule has 0 radical (unpaired) electrons. The number of carbonyl (C=O) groups is 2. The van der Waals surface area contributed by atoms with Crippen LogP contribution in [0.2, 0.25) is 0 Å². The molecule has 6 nitrogen and oxygen atoms in total. The highest BCUT2D eigenvalue weighted by atomic mass is 16.7. The van der Waals surface area contributed by atoms with Gasteiger partial charge in [0.15, 0.2) is 11.5 Å². The van der Waals surface area contributed by atoms with Gasteiger partial charge in [0.1, 0.15) is 0 Å². The van der Waals surface area contributed by atoms with E-state index >= 15 is 0 Å². The van der Waals surface area contributed by atoms with Gasteiger partial charge < -0.3 is 19.7 Å². The Kier molecular flexibility index (Phi) is 5.93. The molecule has 1 atom stereocenters. The third-order valence-corrected chi connectivity index (χ3v) is 6.29. The minimum absolute atomic E-state index is 0.0155. The van der Waals surface area contributed by atoms with E-state index in [1.807, 2.05) is 11.9 Å². The molecule has 0 aromatic heterocycles. The topological polar surface area (TPSA) is 67.9 Å². The van der Waals surface area contributed by atoms with Gasteiger partial charge in [-0.15, -0.1) is 0 Å². The van der Waals surface area contributed by atoms with Gasteiger partial charge in [0.25, 0.3) is 11.8 Å². The van der Waals surface area contributed by atoms with Crippen molar-refractivity contribution in [3.63, 3.8) is 0 Å². The molecule has 1 N–H and O–H groups in total. The molecule has 1 saturated carbocycles. The average Bonchev–Trinajstić information content (AvgIpc) is 3.26. The van der Waals surface area contributed by atoms with E-state index in [2.05, 4.69) is 12.2 Å². The number of fused-ring (bicyclic) bond motifs is 1. The highest BCUT2D eigenvalue weighted by Gasteiger charge is 2.26. The van der Waals surface area contributed by atoms with Gasteiger partial charge in [-0.3, -0.25) is 9.59 Å². The summed E-state index contributed by atoms with van der Waals surface area (Å²) in [6.45, 7) is 2.32. The van der Waals surface area contributed by atoms with E-state index in [4.69, 9.17) is 9.47 Å². The predicted octanol–water partition coefficient (Wildman–Crippen LogP) is 4.71. The van der Waals surface area contributed by atoms with E-state index in [-0.39, 0.29) is 24.6 Å². The molecule has 30 heavy (non-hydrogen) atoms. The zero-order chi connectivity index (χ0) is 21.1. The van der Waals surface area contributed by atoms with Crippen molar-refractivity contribution in [2.24, 2.45) is 5.92 Å². The number of hydrogen-bond donors (Lipinski definition) is 1. The van der Waals surface area contributed by atoms with Crippen LogP contribution in [0.25, 0.3) is 0 Å². The van der Waals surface area contributed by atoms with Crippen LogP contribution in [-0.4, -0.2) is 36.6 Å². The molecule has 2 aliphatic rings. The van der Waals surface area contributed by atoms with Crippen molar-refractivity contribution in [3.8, 4) is 11.5 Å². The van der Waals surface area contributed by atoms with Gasteiger partial charge in [0.05, 0.1) is 0 Å². The van der Waals surface area contributed by atoms with Crippen molar-refractivity contribution in [2.75, 3.05) is 19.2 Å². The zero-order valence-electron chi connectivity index (χ0n) is 17.5. The summed E-state index contributed by atoms with van der Waals surface area (Å²) >= 11 is 0. The van der Waals surface area contributed by atoms with Crippen LogP contribution >= 0.6 is 0 Å². The molecular formula is C24H28N2O4. The molecule has 0 bridgehead atoms. The maximum Gasteiger partial charge on any atom is 0.255 e. The van der Waals surface area contributed by atoms with Gasteiger partial charge in [0.2, 0.25) is 6.79 Å². The number of benzene rings is 2. The second-order valence-corrected chi connectivity index (χ2v) is 8.15. The Morgan fingerprint density at radius 1 is 0.967 bits per heavy atom. The highest BCUT2D eigenvalue weighted by Crippen LogP contribution is 2.33. The van der Waals surface area contributed by atoms with Crippen LogP contribution in [0.4, 0.5) is 5.69 Å². The Hall–Kier alpha value is -3.02. The Balaban J connectivity index is 1.38. The van der Waals surface area contributed by atoms with Crippen LogP contribution in [-0.2, 0) is 0 Å². The van der Waals surface area contributed by atoms with E-state index in [9.17, 15) is 9.59 Å². The maximum absolute atomic E-state index is 12.9. The Morgan fingerprint density at radius 3 is 2.37 bits per heavy atom. The summed E-state index contributed by atoms with van der Waals surface area (Å²) in [6, 6.07) is 12.4. The fourth-order valence-electron chi connectivity index (χ4n) is 4.26. The van der Waals surface area contributed by atoms with Crippen LogP contribution < -0.4 is 14.8 Å². The van der Waals surface area contributed by atoms with Crippen LogP contribution in [0.1, 0.15) is 59.7 Å². The smallest absolute Gasteiger partial charge is 0.255 e. The maximum atomic E-state index is 12.9. The first-order valence-corrected chi connectivity index (χ1v) is 10.6. The Morgan fingerprint density at radius 2 is 1.63 bits per heavy atom. The van der Waals surface area contributed by atoms with Crippen molar-refractivity contribution in [3.05, 3.63) is 53.6 Å². The van der Waals surface area contributed by atoms with Gasteiger partial charge in [-0.1, -0.05) is 19.3 Å². The lowest BCUT2D eigenvalue weighted by Gasteiger charge is -2.34. The minimum Gasteiger partial charge on any atom is -0.454 e. The summed E-state index contributed by atoms with van der Waals surface area (Å²) < 4.78 is 10.6. The number of hydrogen-bond acceptors (Lipinski definition) is 4. The molecule has 4 rings (SSSR count). The lowest BCUT2D eigenvalue weighted by Crippen LogP contribution is -2.40. The van der Waals surface area contributed by atoms with Gasteiger partial charge >= 0.3 is 0 Å². The van der Waals surface area contributed by atoms with E-state index in [0.717, 1.165) is 0 Å². The van der Waals surface area contributed by atoms with E-state index < -0.39 is 0 Å². The zero-order valence-corrected chi connectivity index (χ0v) is 17.5. The fourth-order valence-corrected chi connectivity index (χ4v) is 4.26. The molecule has 1 aliphatic heterocycles.